The summed E-state index contributed by atoms with van der Waals surface area (Å²) in [4.78, 5) is 35.4. The number of aliphatic carboxylic acids is 1. The van der Waals surface area contributed by atoms with E-state index in [1.807, 2.05) is 0 Å². The van der Waals surface area contributed by atoms with Gasteiger partial charge in [-0.25, -0.2) is 9.59 Å². The fraction of sp³-hybridized carbons (Fsp3) is 0.727. The number of hydrogen-bond acceptors (Lipinski definition) is 4. The summed E-state index contributed by atoms with van der Waals surface area (Å²) in [6, 6.07) is -1.52. The molecule has 3 N–H and O–H groups in total. The van der Waals surface area contributed by atoms with Crippen molar-refractivity contribution >= 4 is 17.9 Å². The van der Waals surface area contributed by atoms with Crippen LogP contribution in [-0.4, -0.2) is 66.3 Å². The van der Waals surface area contributed by atoms with Crippen molar-refractivity contribution in [3.63, 3.8) is 0 Å². The lowest BCUT2D eigenvalue weighted by Crippen LogP contribution is -2.58. The van der Waals surface area contributed by atoms with Gasteiger partial charge in [0.1, 0.15) is 0 Å². The zero-order chi connectivity index (χ0) is 13.8. The van der Waals surface area contributed by atoms with Crippen molar-refractivity contribution in [3.8, 4) is 0 Å². The molecule has 2 unspecified atom stereocenters. The van der Waals surface area contributed by atoms with Gasteiger partial charge in [0.25, 0.3) is 0 Å². The summed E-state index contributed by atoms with van der Waals surface area (Å²) in [6.07, 6.45) is 0.941. The maximum absolute atomic E-state index is 12.0. The second-order valence-corrected chi connectivity index (χ2v) is 4.61. The molecule has 3 amide bonds. The van der Waals surface area contributed by atoms with Crippen molar-refractivity contribution in [3.05, 3.63) is 0 Å². The molecule has 2 atom stereocenters. The van der Waals surface area contributed by atoms with Gasteiger partial charge in [-0.2, -0.15) is 0 Å². The predicted molar refractivity (Wildman–Crippen MR) is 63.5 cm³/mol. The molecule has 0 aromatic carbocycles. The summed E-state index contributed by atoms with van der Waals surface area (Å²) in [7, 11) is 0. The Morgan fingerprint density at radius 1 is 1.47 bits per heavy atom. The standard InChI is InChI=1S/C11H17N3O5/c15-9-2-1-7(5-12-9)13-11(18)14-3-4-19-6-8(14)10(16)17/h7-8H,1-6H2,(H,12,15)(H,13,18)(H,16,17). The van der Waals surface area contributed by atoms with Gasteiger partial charge in [0.15, 0.2) is 6.04 Å². The minimum atomic E-state index is -1.08. The lowest BCUT2D eigenvalue weighted by atomic mass is 10.1. The molecule has 2 rings (SSSR count). The Bertz CT molecular complexity index is 377. The average molecular weight is 271 g/mol. The predicted octanol–water partition coefficient (Wildman–Crippen LogP) is -1.24. The van der Waals surface area contributed by atoms with E-state index in [-0.39, 0.29) is 25.1 Å². The Balaban J connectivity index is 1.90. The topological polar surface area (TPSA) is 108 Å². The van der Waals surface area contributed by atoms with Gasteiger partial charge in [0, 0.05) is 25.6 Å². The number of amides is 3. The van der Waals surface area contributed by atoms with E-state index in [0.717, 1.165) is 0 Å². The molecule has 0 aromatic heterocycles. The molecule has 2 heterocycles. The van der Waals surface area contributed by atoms with Crippen molar-refractivity contribution < 1.29 is 24.2 Å². The number of carboxylic acid groups (broad SMARTS) is 1. The van der Waals surface area contributed by atoms with Crippen LogP contribution in [0.1, 0.15) is 12.8 Å². The number of morpholine rings is 1. The van der Waals surface area contributed by atoms with Gasteiger partial charge in [-0.05, 0) is 6.42 Å². The van der Waals surface area contributed by atoms with E-state index in [1.54, 1.807) is 0 Å². The van der Waals surface area contributed by atoms with Crippen LogP contribution in [0.3, 0.4) is 0 Å². The maximum Gasteiger partial charge on any atom is 0.328 e. The van der Waals surface area contributed by atoms with E-state index in [9.17, 15) is 14.4 Å². The first-order valence-corrected chi connectivity index (χ1v) is 6.22. The molecule has 0 spiro atoms. The van der Waals surface area contributed by atoms with Gasteiger partial charge < -0.3 is 25.4 Å². The zero-order valence-corrected chi connectivity index (χ0v) is 10.4. The summed E-state index contributed by atoms with van der Waals surface area (Å²) >= 11 is 0. The van der Waals surface area contributed by atoms with Crippen LogP contribution >= 0.6 is 0 Å². The number of nitrogens with zero attached hydrogens (tertiary/aromatic N) is 1. The molecule has 2 aliphatic rings. The lowest BCUT2D eigenvalue weighted by Gasteiger charge is -2.34. The maximum atomic E-state index is 12.0. The van der Waals surface area contributed by atoms with Gasteiger partial charge in [0.05, 0.1) is 13.2 Å². The number of carboxylic acids is 1. The highest BCUT2D eigenvalue weighted by atomic mass is 16.5. The normalized spacial score (nSPS) is 27.6. The number of carbonyl (C=O) groups excluding carboxylic acids is 2. The summed E-state index contributed by atoms with van der Waals surface area (Å²) in [5, 5.41) is 14.4. The molecule has 2 fully saturated rings. The molecule has 8 heteroatoms. The molecule has 106 valence electrons. The van der Waals surface area contributed by atoms with Crippen LogP contribution in [0.25, 0.3) is 0 Å². The van der Waals surface area contributed by atoms with Gasteiger partial charge >= 0.3 is 12.0 Å². The third kappa shape index (κ3) is 3.34. The van der Waals surface area contributed by atoms with Crippen molar-refractivity contribution in [2.75, 3.05) is 26.3 Å². The monoisotopic (exact) mass is 271 g/mol. The van der Waals surface area contributed by atoms with E-state index >= 15 is 0 Å². The van der Waals surface area contributed by atoms with Gasteiger partial charge in [0.2, 0.25) is 5.91 Å². The minimum absolute atomic E-state index is 0.00412. The third-order valence-corrected chi connectivity index (χ3v) is 3.27. The Morgan fingerprint density at radius 3 is 2.89 bits per heavy atom. The number of carbonyl (C=O) groups is 3. The Labute approximate surface area is 110 Å². The first-order valence-electron chi connectivity index (χ1n) is 6.22. The van der Waals surface area contributed by atoms with Crippen molar-refractivity contribution in [2.45, 2.75) is 24.9 Å². The number of urea groups is 1. The van der Waals surface area contributed by atoms with Crippen LogP contribution in [0.4, 0.5) is 4.79 Å². The molecular weight excluding hydrogens is 254 g/mol. The highest BCUT2D eigenvalue weighted by Crippen LogP contribution is 2.09. The molecule has 2 saturated heterocycles. The highest BCUT2D eigenvalue weighted by molar-refractivity contribution is 5.83. The molecule has 0 bridgehead atoms. The van der Waals surface area contributed by atoms with Crippen molar-refractivity contribution in [1.29, 1.82) is 0 Å². The fourth-order valence-electron chi connectivity index (χ4n) is 2.16. The highest BCUT2D eigenvalue weighted by Gasteiger charge is 2.33. The molecule has 2 aliphatic heterocycles. The molecule has 0 radical (unpaired) electrons. The Kier molecular flexibility index (Phi) is 4.20. The number of ether oxygens (including phenoxy) is 1. The first-order chi connectivity index (χ1) is 9.08. The van der Waals surface area contributed by atoms with E-state index in [4.69, 9.17) is 9.84 Å². The van der Waals surface area contributed by atoms with Gasteiger partial charge in [-0.3, -0.25) is 4.79 Å². The summed E-state index contributed by atoms with van der Waals surface area (Å²) in [5.74, 6) is -1.10. The minimum Gasteiger partial charge on any atom is -0.480 e. The third-order valence-electron chi connectivity index (χ3n) is 3.27. The second-order valence-electron chi connectivity index (χ2n) is 4.61. The van der Waals surface area contributed by atoms with E-state index in [1.165, 1.54) is 4.90 Å². The van der Waals surface area contributed by atoms with Gasteiger partial charge in [-0.1, -0.05) is 0 Å². The van der Waals surface area contributed by atoms with Crippen LogP contribution in [0.2, 0.25) is 0 Å². The van der Waals surface area contributed by atoms with Crippen LogP contribution in [0, 0.1) is 0 Å². The van der Waals surface area contributed by atoms with E-state index in [2.05, 4.69) is 10.6 Å². The lowest BCUT2D eigenvalue weighted by molar-refractivity contribution is -0.147. The first kappa shape index (κ1) is 13.6. The number of nitrogens with one attached hydrogen (secondary N) is 2. The van der Waals surface area contributed by atoms with Crippen LogP contribution in [0.15, 0.2) is 0 Å². The summed E-state index contributed by atoms with van der Waals surface area (Å²) in [5.41, 5.74) is 0. The van der Waals surface area contributed by atoms with E-state index in [0.29, 0.717) is 26.0 Å². The quantitative estimate of drug-likeness (QED) is 0.582. The summed E-state index contributed by atoms with van der Waals surface area (Å²) in [6.45, 7) is 0.970. The molecule has 0 saturated carbocycles. The van der Waals surface area contributed by atoms with Crippen LogP contribution in [0.5, 0.6) is 0 Å². The SMILES string of the molecule is O=C1CCC(NC(=O)N2CCOCC2C(=O)O)CN1. The number of hydrogen-bond donors (Lipinski definition) is 3. The van der Waals surface area contributed by atoms with Crippen molar-refractivity contribution in [2.24, 2.45) is 0 Å². The molecular formula is C11H17N3O5. The largest absolute Gasteiger partial charge is 0.480 e. The smallest absolute Gasteiger partial charge is 0.328 e. The zero-order valence-electron chi connectivity index (χ0n) is 10.4. The van der Waals surface area contributed by atoms with Crippen LogP contribution < -0.4 is 10.6 Å². The number of piperidine rings is 1. The van der Waals surface area contributed by atoms with Crippen LogP contribution in [-0.2, 0) is 14.3 Å². The second kappa shape index (κ2) is 5.87. The van der Waals surface area contributed by atoms with E-state index < -0.39 is 18.0 Å². The van der Waals surface area contributed by atoms with Crippen molar-refractivity contribution in [1.82, 2.24) is 15.5 Å². The Morgan fingerprint density at radius 2 is 2.26 bits per heavy atom. The van der Waals surface area contributed by atoms with Gasteiger partial charge in [-0.15, -0.1) is 0 Å². The summed E-state index contributed by atoms with van der Waals surface area (Å²) < 4.78 is 5.07. The fourth-order valence-corrected chi connectivity index (χ4v) is 2.16. The molecule has 8 nitrogen and oxygen atoms in total. The molecule has 19 heavy (non-hydrogen) atoms. The molecule has 0 aromatic rings. The molecule has 0 aliphatic carbocycles. The Hall–Kier alpha value is -1.83. The number of rotatable bonds is 2. The average Bonchev–Trinajstić information content (AvgIpc) is 2.41.